The lowest BCUT2D eigenvalue weighted by molar-refractivity contribution is -0.122. The largest absolute Gasteiger partial charge is 0.388 e. The number of thiocarbonyl (C=S) groups is 1. The number of hydrogen-bond donors (Lipinski definition) is 2. The maximum Gasteiger partial charge on any atom is 0.240 e. The van der Waals surface area contributed by atoms with E-state index < -0.39 is 0 Å². The first-order chi connectivity index (χ1) is 8.04. The molecule has 0 aliphatic rings. The van der Waals surface area contributed by atoms with Crippen LogP contribution in [0, 0.1) is 0 Å². The molecule has 0 bridgehead atoms. The van der Waals surface area contributed by atoms with Crippen molar-refractivity contribution in [2.75, 3.05) is 13.7 Å². The molecule has 1 rings (SSSR count). The molecule has 1 aromatic rings. The molecule has 1 atom stereocenters. The van der Waals surface area contributed by atoms with Crippen LogP contribution < -0.4 is 11.1 Å². The molecule has 5 nitrogen and oxygen atoms in total. The van der Waals surface area contributed by atoms with Gasteiger partial charge in [-0.15, -0.1) is 0 Å². The lowest BCUT2D eigenvalue weighted by Gasteiger charge is -2.14. The van der Waals surface area contributed by atoms with E-state index in [-0.39, 0.29) is 23.5 Å². The minimum atomic E-state index is -0.0942. The van der Waals surface area contributed by atoms with E-state index in [0.717, 1.165) is 0 Å². The Hall–Kier alpha value is -1.40. The maximum absolute atomic E-state index is 11.7. The third kappa shape index (κ3) is 4.16. The van der Waals surface area contributed by atoms with Gasteiger partial charge in [-0.05, 0) is 19.1 Å². The molecule has 1 unspecified atom stereocenters. The van der Waals surface area contributed by atoms with Crippen LogP contribution in [-0.2, 0) is 16.1 Å². The number of methoxy groups -OCH3 is 1. The van der Waals surface area contributed by atoms with Crippen molar-refractivity contribution in [1.82, 2.24) is 9.88 Å². The van der Waals surface area contributed by atoms with Gasteiger partial charge in [-0.1, -0.05) is 12.2 Å². The fraction of sp³-hybridized carbons (Fsp3) is 0.455. The Morgan fingerprint density at radius 1 is 1.71 bits per heavy atom. The molecule has 0 aromatic carbocycles. The number of nitrogens with one attached hydrogen (secondary N) is 1. The van der Waals surface area contributed by atoms with Gasteiger partial charge in [-0.3, -0.25) is 4.79 Å². The summed E-state index contributed by atoms with van der Waals surface area (Å²) in [6.07, 6.45) is 1.77. The summed E-state index contributed by atoms with van der Waals surface area (Å²) in [7, 11) is 1.60. The molecular formula is C11H17N3O2S. The van der Waals surface area contributed by atoms with Gasteiger partial charge in [-0.2, -0.15) is 0 Å². The van der Waals surface area contributed by atoms with E-state index in [1.165, 1.54) is 0 Å². The zero-order valence-corrected chi connectivity index (χ0v) is 10.8. The molecule has 0 aliphatic heterocycles. The number of amides is 1. The summed E-state index contributed by atoms with van der Waals surface area (Å²) < 4.78 is 6.66. The molecule has 0 fully saturated rings. The number of carbonyl (C=O) groups is 1. The van der Waals surface area contributed by atoms with Crippen molar-refractivity contribution in [3.8, 4) is 0 Å². The van der Waals surface area contributed by atoms with Crippen molar-refractivity contribution in [1.29, 1.82) is 0 Å². The van der Waals surface area contributed by atoms with Gasteiger partial charge in [0.2, 0.25) is 5.91 Å². The van der Waals surface area contributed by atoms with E-state index in [4.69, 9.17) is 22.7 Å². The summed E-state index contributed by atoms with van der Waals surface area (Å²) >= 11 is 4.89. The predicted molar refractivity (Wildman–Crippen MR) is 69.8 cm³/mol. The third-order valence-corrected chi connectivity index (χ3v) is 2.43. The van der Waals surface area contributed by atoms with E-state index in [0.29, 0.717) is 12.3 Å². The second kappa shape index (κ2) is 6.36. The Morgan fingerprint density at radius 3 is 3.00 bits per heavy atom. The van der Waals surface area contributed by atoms with Gasteiger partial charge in [-0.25, -0.2) is 0 Å². The van der Waals surface area contributed by atoms with Crippen LogP contribution in [0.5, 0.6) is 0 Å². The number of hydrogen-bond acceptors (Lipinski definition) is 3. The summed E-state index contributed by atoms with van der Waals surface area (Å²) in [6.45, 7) is 2.57. The van der Waals surface area contributed by atoms with Gasteiger partial charge < -0.3 is 20.4 Å². The highest BCUT2D eigenvalue weighted by atomic mass is 32.1. The molecule has 0 spiro atoms. The summed E-state index contributed by atoms with van der Waals surface area (Å²) in [5.74, 6) is -0.0942. The molecular weight excluding hydrogens is 238 g/mol. The topological polar surface area (TPSA) is 69.3 Å². The first kappa shape index (κ1) is 13.7. The quantitative estimate of drug-likeness (QED) is 0.716. The fourth-order valence-electron chi connectivity index (χ4n) is 1.54. The fourth-order valence-corrected chi connectivity index (χ4v) is 1.73. The van der Waals surface area contributed by atoms with Crippen LogP contribution in [0.15, 0.2) is 18.3 Å². The zero-order chi connectivity index (χ0) is 12.8. The Balaban J connectivity index is 2.56. The molecule has 0 aliphatic carbocycles. The lowest BCUT2D eigenvalue weighted by Crippen LogP contribution is -2.38. The molecule has 1 heterocycles. The highest BCUT2D eigenvalue weighted by molar-refractivity contribution is 7.80. The van der Waals surface area contributed by atoms with Crippen molar-refractivity contribution >= 4 is 23.1 Å². The van der Waals surface area contributed by atoms with Crippen LogP contribution in [0.4, 0.5) is 0 Å². The lowest BCUT2D eigenvalue weighted by atomic mass is 10.3. The average Bonchev–Trinajstić information content (AvgIpc) is 2.65. The van der Waals surface area contributed by atoms with E-state index in [9.17, 15) is 4.79 Å². The molecule has 0 saturated heterocycles. The van der Waals surface area contributed by atoms with Crippen LogP contribution in [0.25, 0.3) is 0 Å². The summed E-state index contributed by atoms with van der Waals surface area (Å²) in [6, 6.07) is 3.57. The summed E-state index contributed by atoms with van der Waals surface area (Å²) in [5.41, 5.74) is 6.23. The van der Waals surface area contributed by atoms with Crippen molar-refractivity contribution in [2.24, 2.45) is 5.73 Å². The van der Waals surface area contributed by atoms with E-state index in [2.05, 4.69) is 5.32 Å². The smallest absolute Gasteiger partial charge is 0.240 e. The third-order valence-electron chi connectivity index (χ3n) is 2.22. The molecule has 94 valence electrons. The normalized spacial score (nSPS) is 12.1. The number of ether oxygens (including phenoxy) is 1. The standard InChI is InChI=1S/C11H17N3O2S/c1-8(7-16-2)13-10(15)6-14-5-3-4-9(14)11(12)17/h3-5,8H,6-7H2,1-2H3,(H2,12,17)(H,13,15). The van der Waals surface area contributed by atoms with Crippen LogP contribution in [-0.4, -0.2) is 35.2 Å². The number of nitrogens with two attached hydrogens (primary N) is 1. The molecule has 0 radical (unpaired) electrons. The Labute approximate surface area is 106 Å². The molecule has 3 N–H and O–H groups in total. The Morgan fingerprint density at radius 2 is 2.41 bits per heavy atom. The van der Waals surface area contributed by atoms with Gasteiger partial charge in [0.15, 0.2) is 0 Å². The Bertz CT molecular complexity index is 403. The second-order valence-corrected chi connectivity index (χ2v) is 4.25. The molecule has 1 aromatic heterocycles. The van der Waals surface area contributed by atoms with Crippen LogP contribution in [0.2, 0.25) is 0 Å². The molecule has 6 heteroatoms. The highest BCUT2D eigenvalue weighted by Gasteiger charge is 2.10. The van der Waals surface area contributed by atoms with E-state index in [1.54, 1.807) is 30.0 Å². The van der Waals surface area contributed by atoms with Gasteiger partial charge in [0.05, 0.1) is 12.3 Å². The first-order valence-electron chi connectivity index (χ1n) is 5.28. The van der Waals surface area contributed by atoms with Crippen molar-refractivity contribution < 1.29 is 9.53 Å². The minimum absolute atomic E-state index is 0.0173. The number of aromatic nitrogens is 1. The van der Waals surface area contributed by atoms with Gasteiger partial charge in [0, 0.05) is 19.3 Å². The van der Waals surface area contributed by atoms with Crippen molar-refractivity contribution in [3.05, 3.63) is 24.0 Å². The monoisotopic (exact) mass is 255 g/mol. The van der Waals surface area contributed by atoms with Gasteiger partial charge in [0.25, 0.3) is 0 Å². The first-order valence-corrected chi connectivity index (χ1v) is 5.68. The predicted octanol–water partition coefficient (Wildman–Crippen LogP) is 0.273. The van der Waals surface area contributed by atoms with Crippen LogP contribution in [0.1, 0.15) is 12.6 Å². The maximum atomic E-state index is 11.7. The minimum Gasteiger partial charge on any atom is -0.388 e. The summed E-state index contributed by atoms with van der Waals surface area (Å²) in [5, 5.41) is 2.82. The SMILES string of the molecule is COCC(C)NC(=O)Cn1cccc1C(N)=S. The number of carbonyl (C=O) groups excluding carboxylic acids is 1. The van der Waals surface area contributed by atoms with Gasteiger partial charge in [0.1, 0.15) is 11.5 Å². The van der Waals surface area contributed by atoms with E-state index >= 15 is 0 Å². The van der Waals surface area contributed by atoms with Crippen LogP contribution in [0.3, 0.4) is 0 Å². The van der Waals surface area contributed by atoms with E-state index in [1.807, 2.05) is 6.92 Å². The van der Waals surface area contributed by atoms with Crippen molar-refractivity contribution in [2.45, 2.75) is 19.5 Å². The van der Waals surface area contributed by atoms with Crippen molar-refractivity contribution in [3.63, 3.8) is 0 Å². The number of rotatable bonds is 6. The molecule has 1 amide bonds. The zero-order valence-electron chi connectivity index (χ0n) is 9.97. The molecule has 17 heavy (non-hydrogen) atoms. The second-order valence-electron chi connectivity index (χ2n) is 3.81. The van der Waals surface area contributed by atoms with Gasteiger partial charge >= 0.3 is 0 Å². The summed E-state index contributed by atoms with van der Waals surface area (Å²) in [4.78, 5) is 12.0. The van der Waals surface area contributed by atoms with Crippen LogP contribution >= 0.6 is 12.2 Å². The number of nitrogens with zero attached hydrogens (tertiary/aromatic N) is 1. The average molecular weight is 255 g/mol. The highest BCUT2D eigenvalue weighted by Crippen LogP contribution is 2.02. The Kier molecular flexibility index (Phi) is 5.11. The molecule has 0 saturated carbocycles.